The summed E-state index contributed by atoms with van der Waals surface area (Å²) in [7, 11) is 0. The minimum Gasteiger partial charge on any atom is -0.287 e. The van der Waals surface area contributed by atoms with Crippen molar-refractivity contribution < 1.29 is 9.59 Å². The SMILES string of the molecule is O=C(C(=O)C(Cl)(Cl)CCl)C(Cl)(Cl)Cl. The van der Waals surface area contributed by atoms with Gasteiger partial charge in [0, 0.05) is 0 Å². The van der Waals surface area contributed by atoms with Crippen LogP contribution in [0.3, 0.4) is 0 Å². The molecule has 0 unspecified atom stereocenters. The highest BCUT2D eigenvalue weighted by Crippen LogP contribution is 2.32. The quantitative estimate of drug-likeness (QED) is 0.593. The van der Waals surface area contributed by atoms with Crippen LogP contribution in [0.5, 0.6) is 0 Å². The van der Waals surface area contributed by atoms with E-state index in [4.69, 9.17) is 69.6 Å². The number of carbonyl (C=O) groups excluding carboxylic acids is 2. The number of alkyl halides is 6. The summed E-state index contributed by atoms with van der Waals surface area (Å²) in [5.74, 6) is -3.03. The number of ketones is 2. The highest BCUT2D eigenvalue weighted by molar-refractivity contribution is 6.85. The number of Topliss-reactive ketones (excluding diaryl/α,β-unsaturated/α-hetero) is 2. The molecule has 0 N–H and O–H groups in total. The van der Waals surface area contributed by atoms with E-state index in [0.717, 1.165) is 0 Å². The van der Waals surface area contributed by atoms with Gasteiger partial charge in [0.25, 0.3) is 9.58 Å². The molecule has 0 atom stereocenters. The Kier molecular flexibility index (Phi) is 5.13. The van der Waals surface area contributed by atoms with Crippen molar-refractivity contribution in [3.8, 4) is 0 Å². The van der Waals surface area contributed by atoms with Crippen molar-refractivity contribution >= 4 is 81.2 Å². The van der Waals surface area contributed by atoms with Gasteiger partial charge in [-0.15, -0.1) is 11.6 Å². The molecular formula is C5H2Cl6O2. The topological polar surface area (TPSA) is 34.1 Å². The molecule has 0 radical (unpaired) electrons. The van der Waals surface area contributed by atoms with Gasteiger partial charge in [0.1, 0.15) is 0 Å². The van der Waals surface area contributed by atoms with E-state index >= 15 is 0 Å². The minimum atomic E-state index is -2.36. The van der Waals surface area contributed by atoms with Gasteiger partial charge in [-0.3, -0.25) is 9.59 Å². The molecule has 0 fully saturated rings. The van der Waals surface area contributed by atoms with Gasteiger partial charge in [0.05, 0.1) is 5.88 Å². The van der Waals surface area contributed by atoms with E-state index in [1.165, 1.54) is 0 Å². The molecule has 0 saturated carbocycles. The molecule has 2 nitrogen and oxygen atoms in total. The van der Waals surface area contributed by atoms with Crippen molar-refractivity contribution in [2.45, 2.75) is 8.13 Å². The summed E-state index contributed by atoms with van der Waals surface area (Å²) >= 11 is 31.4. The molecule has 8 heteroatoms. The third kappa shape index (κ3) is 3.98. The van der Waals surface area contributed by atoms with E-state index in [9.17, 15) is 9.59 Å². The normalized spacial score (nSPS) is 12.8. The lowest BCUT2D eigenvalue weighted by Crippen LogP contribution is -2.40. The first-order valence-electron chi connectivity index (χ1n) is 2.72. The van der Waals surface area contributed by atoms with Crippen LogP contribution in [0.2, 0.25) is 0 Å². The lowest BCUT2D eigenvalue weighted by Gasteiger charge is -2.16. The van der Waals surface area contributed by atoms with Gasteiger partial charge in [-0.2, -0.15) is 0 Å². The van der Waals surface area contributed by atoms with Gasteiger partial charge < -0.3 is 0 Å². The second-order valence-corrected chi connectivity index (χ2v) is 6.03. The molecule has 0 aliphatic carbocycles. The zero-order chi connectivity index (χ0) is 10.9. The first-order valence-corrected chi connectivity index (χ1v) is 5.15. The zero-order valence-electron chi connectivity index (χ0n) is 5.79. The van der Waals surface area contributed by atoms with Crippen molar-refractivity contribution in [1.82, 2.24) is 0 Å². The van der Waals surface area contributed by atoms with Crippen molar-refractivity contribution in [3.05, 3.63) is 0 Å². The maximum atomic E-state index is 11.1. The van der Waals surface area contributed by atoms with Crippen LogP contribution >= 0.6 is 69.6 Å². The molecule has 76 valence electrons. The van der Waals surface area contributed by atoms with E-state index in [0.29, 0.717) is 0 Å². The number of carbonyl (C=O) groups is 2. The smallest absolute Gasteiger partial charge is 0.256 e. The Morgan fingerprint density at radius 2 is 1.31 bits per heavy atom. The number of hydrogen-bond acceptors (Lipinski definition) is 2. The lowest BCUT2D eigenvalue weighted by molar-refractivity contribution is -0.136. The molecular weight excluding hydrogens is 305 g/mol. The van der Waals surface area contributed by atoms with Gasteiger partial charge in [-0.05, 0) is 0 Å². The fourth-order valence-corrected chi connectivity index (χ4v) is 0.906. The average Bonchev–Trinajstić information content (AvgIpc) is 2.00. The predicted molar refractivity (Wildman–Crippen MR) is 55.5 cm³/mol. The summed E-state index contributed by atoms with van der Waals surface area (Å²) < 4.78 is -4.42. The van der Waals surface area contributed by atoms with E-state index in [1.807, 2.05) is 0 Å². The Bertz CT molecular complexity index is 230. The van der Waals surface area contributed by atoms with Crippen molar-refractivity contribution in [3.63, 3.8) is 0 Å². The summed E-state index contributed by atoms with van der Waals surface area (Å²) in [4.78, 5) is 22.1. The van der Waals surface area contributed by atoms with Crippen LogP contribution in [0.4, 0.5) is 0 Å². The Morgan fingerprint density at radius 3 is 1.54 bits per heavy atom. The van der Waals surface area contributed by atoms with Gasteiger partial charge >= 0.3 is 0 Å². The molecule has 0 saturated heterocycles. The van der Waals surface area contributed by atoms with Gasteiger partial charge in [-0.25, -0.2) is 0 Å². The molecule has 0 bridgehead atoms. The lowest BCUT2D eigenvalue weighted by atomic mass is 10.2. The number of halogens is 6. The maximum absolute atomic E-state index is 11.1. The standard InChI is InChI=1S/C5H2Cl6O2/c6-1-4(7,8)2(12)3(13)5(9,10)11/h1H2. The fraction of sp³-hybridized carbons (Fsp3) is 0.600. The van der Waals surface area contributed by atoms with Crippen molar-refractivity contribution in [2.24, 2.45) is 0 Å². The van der Waals surface area contributed by atoms with E-state index in [1.54, 1.807) is 0 Å². The largest absolute Gasteiger partial charge is 0.287 e. The predicted octanol–water partition coefficient (Wildman–Crippen LogP) is 2.91. The Labute approximate surface area is 104 Å². The third-order valence-corrected chi connectivity index (χ3v) is 2.76. The Morgan fingerprint density at radius 1 is 0.923 bits per heavy atom. The van der Waals surface area contributed by atoms with Crippen LogP contribution in [-0.2, 0) is 9.59 Å². The highest BCUT2D eigenvalue weighted by atomic mass is 35.6. The summed E-state index contributed by atoms with van der Waals surface area (Å²) in [6.07, 6.45) is 0. The molecule has 0 spiro atoms. The van der Waals surface area contributed by atoms with Crippen molar-refractivity contribution in [2.75, 3.05) is 5.88 Å². The second kappa shape index (κ2) is 4.73. The second-order valence-electron chi connectivity index (χ2n) is 1.99. The maximum Gasteiger partial charge on any atom is 0.256 e. The molecule has 0 aromatic carbocycles. The van der Waals surface area contributed by atoms with Crippen LogP contribution in [-0.4, -0.2) is 25.6 Å². The third-order valence-electron chi connectivity index (χ3n) is 0.964. The monoisotopic (exact) mass is 304 g/mol. The van der Waals surface area contributed by atoms with Crippen molar-refractivity contribution in [1.29, 1.82) is 0 Å². The summed E-state index contributed by atoms with van der Waals surface area (Å²) in [5.41, 5.74) is 0. The van der Waals surface area contributed by atoms with Crippen LogP contribution in [0.1, 0.15) is 0 Å². The molecule has 0 aliphatic heterocycles. The van der Waals surface area contributed by atoms with Gasteiger partial charge in [-0.1, -0.05) is 58.0 Å². The zero-order valence-corrected chi connectivity index (χ0v) is 10.3. The molecule has 0 aromatic heterocycles. The molecule has 13 heavy (non-hydrogen) atoms. The van der Waals surface area contributed by atoms with E-state index < -0.39 is 25.6 Å². The summed E-state index contributed by atoms with van der Waals surface area (Å²) in [6.45, 7) is 0. The van der Waals surface area contributed by atoms with Crippen LogP contribution in [0, 0.1) is 0 Å². The molecule has 0 rings (SSSR count). The fourth-order valence-electron chi connectivity index (χ4n) is 0.356. The molecule has 0 heterocycles. The van der Waals surface area contributed by atoms with Crippen LogP contribution < -0.4 is 0 Å². The number of rotatable bonds is 3. The molecule has 0 aromatic rings. The van der Waals surface area contributed by atoms with E-state index in [-0.39, 0.29) is 0 Å². The highest BCUT2D eigenvalue weighted by Gasteiger charge is 2.45. The Hall–Kier alpha value is 1.08. The van der Waals surface area contributed by atoms with Crippen LogP contribution in [0.15, 0.2) is 0 Å². The first-order chi connectivity index (χ1) is 5.63. The molecule has 0 aliphatic rings. The molecule has 0 amide bonds. The van der Waals surface area contributed by atoms with E-state index in [2.05, 4.69) is 0 Å². The summed E-state index contributed by atoms with van der Waals surface area (Å²) in [6, 6.07) is 0. The minimum absolute atomic E-state index is 0.471. The summed E-state index contributed by atoms with van der Waals surface area (Å²) in [5, 5.41) is 0. The Balaban J connectivity index is 4.74. The first kappa shape index (κ1) is 14.1. The van der Waals surface area contributed by atoms with Crippen LogP contribution in [0.25, 0.3) is 0 Å². The number of hydrogen-bond donors (Lipinski definition) is 0. The average molecular weight is 307 g/mol. The van der Waals surface area contributed by atoms with Gasteiger partial charge in [0.2, 0.25) is 5.78 Å². The van der Waals surface area contributed by atoms with Gasteiger partial charge in [0.15, 0.2) is 4.33 Å².